The molecule has 23 heavy (non-hydrogen) atoms. The van der Waals surface area contributed by atoms with Gasteiger partial charge in [0, 0.05) is 15.8 Å². The van der Waals surface area contributed by atoms with Crippen molar-refractivity contribution in [1.82, 2.24) is 4.98 Å². The lowest BCUT2D eigenvalue weighted by Crippen LogP contribution is -2.11. The largest absolute Gasteiger partial charge is 0.466 e. The summed E-state index contributed by atoms with van der Waals surface area (Å²) in [5, 5.41) is 5.35. The molecule has 2 aromatic heterocycles. The smallest absolute Gasteiger partial charge is 0.260 e. The zero-order valence-corrected chi connectivity index (χ0v) is 14.7. The summed E-state index contributed by atoms with van der Waals surface area (Å²) in [5.74, 6) is 1.14. The molecule has 0 aliphatic rings. The van der Waals surface area contributed by atoms with Crippen molar-refractivity contribution >= 4 is 34.1 Å². The van der Waals surface area contributed by atoms with Gasteiger partial charge in [-0.2, -0.15) is 0 Å². The van der Waals surface area contributed by atoms with E-state index in [2.05, 4.69) is 22.4 Å². The van der Waals surface area contributed by atoms with E-state index in [4.69, 9.17) is 4.42 Å². The number of furan rings is 1. The van der Waals surface area contributed by atoms with Crippen LogP contribution in [0, 0.1) is 13.8 Å². The van der Waals surface area contributed by atoms with E-state index in [0.717, 1.165) is 17.0 Å². The molecule has 0 aliphatic carbocycles. The van der Waals surface area contributed by atoms with E-state index < -0.39 is 0 Å². The monoisotopic (exact) mass is 344 g/mol. The molecular weight excluding hydrogens is 328 g/mol. The average molecular weight is 344 g/mol. The van der Waals surface area contributed by atoms with Crippen molar-refractivity contribution in [3.63, 3.8) is 0 Å². The summed E-state index contributed by atoms with van der Waals surface area (Å²) in [5.41, 5.74) is 2.44. The van der Waals surface area contributed by atoms with E-state index in [1.807, 2.05) is 30.7 Å². The molecule has 0 fully saturated rings. The molecule has 1 aromatic carbocycles. The van der Waals surface area contributed by atoms with Crippen LogP contribution < -0.4 is 5.32 Å². The van der Waals surface area contributed by atoms with E-state index in [1.165, 1.54) is 16.2 Å². The van der Waals surface area contributed by atoms with Crippen LogP contribution in [0.25, 0.3) is 11.3 Å². The fraction of sp³-hybridized carbons (Fsp3) is 0.176. The normalized spacial score (nSPS) is 10.7. The van der Waals surface area contributed by atoms with E-state index >= 15 is 0 Å². The van der Waals surface area contributed by atoms with Crippen molar-refractivity contribution in [1.29, 1.82) is 0 Å². The fourth-order valence-electron chi connectivity index (χ4n) is 2.25. The molecule has 0 saturated heterocycles. The highest BCUT2D eigenvalue weighted by Gasteiger charge is 2.15. The Morgan fingerprint density at radius 3 is 2.61 bits per heavy atom. The molecule has 0 aliphatic heterocycles. The van der Waals surface area contributed by atoms with Crippen LogP contribution >= 0.6 is 23.1 Å². The first-order valence-corrected chi connectivity index (χ1v) is 9.15. The Morgan fingerprint density at radius 1 is 1.26 bits per heavy atom. The molecular formula is C17H16N2O2S2. The first kappa shape index (κ1) is 15.8. The molecule has 2 heterocycles. The predicted octanol–water partition coefficient (Wildman–Crippen LogP) is 4.99. The number of thioether (sulfide) groups is 1. The number of nitrogens with one attached hydrogen (secondary N) is 1. The van der Waals surface area contributed by atoms with Crippen LogP contribution in [0.5, 0.6) is 0 Å². The summed E-state index contributed by atoms with van der Waals surface area (Å²) in [4.78, 5) is 18.0. The van der Waals surface area contributed by atoms with Crippen LogP contribution in [-0.4, -0.2) is 17.1 Å². The number of amides is 1. The lowest BCUT2D eigenvalue weighted by atomic mass is 10.2. The van der Waals surface area contributed by atoms with Crippen LogP contribution in [0.3, 0.4) is 0 Å². The number of aryl methyl sites for hydroxylation is 2. The second-order valence-corrected chi connectivity index (χ2v) is 6.79. The number of hydrogen-bond acceptors (Lipinski definition) is 5. The highest BCUT2D eigenvalue weighted by Crippen LogP contribution is 2.27. The van der Waals surface area contributed by atoms with Gasteiger partial charge in [0.1, 0.15) is 11.5 Å². The zero-order valence-electron chi connectivity index (χ0n) is 13.0. The van der Waals surface area contributed by atoms with Crippen molar-refractivity contribution in [3.8, 4) is 11.3 Å². The molecule has 3 aromatic rings. The van der Waals surface area contributed by atoms with Crippen LogP contribution in [0.1, 0.15) is 21.9 Å². The molecule has 0 bridgehead atoms. The third-order valence-corrected chi connectivity index (χ3v) is 4.90. The van der Waals surface area contributed by atoms with Gasteiger partial charge < -0.3 is 4.42 Å². The summed E-state index contributed by atoms with van der Waals surface area (Å²) in [6.45, 7) is 3.60. The molecule has 1 N–H and O–H groups in total. The number of thiazole rings is 1. The fourth-order valence-corrected chi connectivity index (χ4v) is 3.37. The Morgan fingerprint density at radius 2 is 2.00 bits per heavy atom. The Labute approximate surface area is 142 Å². The Balaban J connectivity index is 1.76. The molecule has 1 amide bonds. The van der Waals surface area contributed by atoms with Crippen molar-refractivity contribution in [2.45, 2.75) is 18.7 Å². The highest BCUT2D eigenvalue weighted by molar-refractivity contribution is 7.98. The third kappa shape index (κ3) is 3.48. The molecule has 0 saturated carbocycles. The maximum atomic E-state index is 12.3. The first-order valence-electron chi connectivity index (χ1n) is 7.05. The summed E-state index contributed by atoms with van der Waals surface area (Å²) in [6.07, 6.45) is 2.05. The predicted molar refractivity (Wildman–Crippen MR) is 95.5 cm³/mol. The highest BCUT2D eigenvalue weighted by atomic mass is 32.2. The van der Waals surface area contributed by atoms with E-state index in [-0.39, 0.29) is 5.91 Å². The van der Waals surface area contributed by atoms with E-state index in [1.54, 1.807) is 24.8 Å². The van der Waals surface area contributed by atoms with Gasteiger partial charge in [-0.15, -0.1) is 23.1 Å². The van der Waals surface area contributed by atoms with Gasteiger partial charge in [-0.3, -0.25) is 10.1 Å². The second kappa shape index (κ2) is 6.60. The summed E-state index contributed by atoms with van der Waals surface area (Å²) < 4.78 is 5.39. The topological polar surface area (TPSA) is 55.1 Å². The third-order valence-electron chi connectivity index (χ3n) is 3.40. The zero-order chi connectivity index (χ0) is 16.4. The number of anilines is 1. The minimum absolute atomic E-state index is 0.196. The molecule has 4 nitrogen and oxygen atoms in total. The van der Waals surface area contributed by atoms with E-state index in [0.29, 0.717) is 16.5 Å². The number of nitrogens with zero attached hydrogens (tertiary/aromatic N) is 1. The van der Waals surface area contributed by atoms with Gasteiger partial charge in [0.05, 0.1) is 11.3 Å². The number of carbonyl (C=O) groups excluding carboxylic acids is 1. The standard InChI is InChI=1S/C17H16N2O2S2/c1-10-8-14(11(2)21-10)16(20)19-17-18-15(9-23-17)12-4-6-13(22-3)7-5-12/h4-9H,1-3H3,(H,18,19,20). The lowest BCUT2D eigenvalue weighted by Gasteiger charge is -2.00. The van der Waals surface area contributed by atoms with Crippen molar-refractivity contribution in [3.05, 3.63) is 52.8 Å². The Kier molecular flexibility index (Phi) is 4.54. The molecule has 0 atom stereocenters. The Bertz CT molecular complexity index is 835. The molecule has 6 heteroatoms. The second-order valence-electron chi connectivity index (χ2n) is 5.05. The molecule has 0 spiro atoms. The van der Waals surface area contributed by atoms with Gasteiger partial charge in [-0.1, -0.05) is 12.1 Å². The first-order chi connectivity index (χ1) is 11.1. The lowest BCUT2D eigenvalue weighted by molar-refractivity contribution is 0.102. The number of hydrogen-bond donors (Lipinski definition) is 1. The quantitative estimate of drug-likeness (QED) is 0.677. The van der Waals surface area contributed by atoms with Crippen molar-refractivity contribution in [2.24, 2.45) is 0 Å². The van der Waals surface area contributed by atoms with Gasteiger partial charge in [0.2, 0.25) is 0 Å². The van der Waals surface area contributed by atoms with Gasteiger partial charge in [0.15, 0.2) is 5.13 Å². The van der Waals surface area contributed by atoms with Crippen LogP contribution in [0.2, 0.25) is 0 Å². The van der Waals surface area contributed by atoms with Gasteiger partial charge in [0.25, 0.3) is 5.91 Å². The number of rotatable bonds is 4. The van der Waals surface area contributed by atoms with Crippen LogP contribution in [-0.2, 0) is 0 Å². The Hall–Kier alpha value is -2.05. The maximum Gasteiger partial charge on any atom is 0.260 e. The van der Waals surface area contributed by atoms with Gasteiger partial charge in [-0.05, 0) is 38.3 Å². The molecule has 0 unspecified atom stereocenters. The minimum atomic E-state index is -0.196. The minimum Gasteiger partial charge on any atom is -0.466 e. The van der Waals surface area contributed by atoms with Crippen LogP contribution in [0.4, 0.5) is 5.13 Å². The maximum absolute atomic E-state index is 12.3. The summed E-state index contributed by atoms with van der Waals surface area (Å²) >= 11 is 3.11. The SMILES string of the molecule is CSc1ccc(-c2csc(NC(=O)c3cc(C)oc3C)n2)cc1. The number of aromatic nitrogens is 1. The number of benzene rings is 1. The number of carbonyl (C=O) groups is 1. The molecule has 3 rings (SSSR count). The summed E-state index contributed by atoms with van der Waals surface area (Å²) in [7, 11) is 0. The van der Waals surface area contributed by atoms with Crippen LogP contribution in [0.15, 0.2) is 45.0 Å². The molecule has 118 valence electrons. The summed E-state index contributed by atoms with van der Waals surface area (Å²) in [6, 6.07) is 9.94. The van der Waals surface area contributed by atoms with Crippen molar-refractivity contribution < 1.29 is 9.21 Å². The van der Waals surface area contributed by atoms with Gasteiger partial charge in [-0.25, -0.2) is 4.98 Å². The molecule has 0 radical (unpaired) electrons. The van der Waals surface area contributed by atoms with E-state index in [9.17, 15) is 4.79 Å². The average Bonchev–Trinajstić information content (AvgIpc) is 3.13. The van der Waals surface area contributed by atoms with Gasteiger partial charge >= 0.3 is 0 Å². The van der Waals surface area contributed by atoms with Crippen molar-refractivity contribution in [2.75, 3.05) is 11.6 Å².